The van der Waals surface area contributed by atoms with Crippen LogP contribution in [0.2, 0.25) is 0 Å². The minimum absolute atomic E-state index is 0.0499. The maximum atomic E-state index is 12.1. The van der Waals surface area contributed by atoms with Gasteiger partial charge in [0.05, 0.1) is 5.56 Å². The van der Waals surface area contributed by atoms with Crippen LogP contribution < -0.4 is 5.32 Å². The van der Waals surface area contributed by atoms with Gasteiger partial charge >= 0.3 is 0 Å². The molecule has 17 heavy (non-hydrogen) atoms. The first-order chi connectivity index (χ1) is 8.34. The number of piperazine rings is 1. The van der Waals surface area contributed by atoms with E-state index in [1.54, 1.807) is 12.4 Å². The number of hydrogen-bond donors (Lipinski definition) is 1. The van der Waals surface area contributed by atoms with Crippen molar-refractivity contribution in [3.8, 4) is 0 Å². The second-order valence-electron chi connectivity index (χ2n) is 4.65. The molecule has 2 heterocycles. The van der Waals surface area contributed by atoms with Crippen LogP contribution in [0.1, 0.15) is 34.9 Å². The summed E-state index contributed by atoms with van der Waals surface area (Å²) in [5.74, 6) is 1.48. The molecule has 5 heteroatoms. The third-order valence-electron chi connectivity index (χ3n) is 3.27. The maximum absolute atomic E-state index is 12.1. The Kier molecular flexibility index (Phi) is 2.76. The van der Waals surface area contributed by atoms with E-state index in [0.717, 1.165) is 32.0 Å². The minimum atomic E-state index is 0.0499. The zero-order valence-corrected chi connectivity index (χ0v) is 9.72. The molecule has 0 radical (unpaired) electrons. The van der Waals surface area contributed by atoms with Crippen molar-refractivity contribution in [1.29, 1.82) is 0 Å². The quantitative estimate of drug-likeness (QED) is 0.802. The Morgan fingerprint density at radius 2 is 1.88 bits per heavy atom. The third kappa shape index (κ3) is 2.29. The zero-order valence-electron chi connectivity index (χ0n) is 9.72. The standard InChI is InChI=1S/C12H16N4O/c17-12(16-5-3-13-4-6-16)10-7-14-11(15-8-10)9-1-2-9/h7-9,13H,1-6H2. The molecule has 0 aromatic carbocycles. The molecule has 90 valence electrons. The summed E-state index contributed by atoms with van der Waals surface area (Å²) < 4.78 is 0. The molecule has 0 atom stereocenters. The molecule has 1 aromatic rings. The molecule has 5 nitrogen and oxygen atoms in total. The average molecular weight is 232 g/mol. The van der Waals surface area contributed by atoms with Crippen molar-refractivity contribution in [1.82, 2.24) is 20.2 Å². The summed E-state index contributed by atoms with van der Waals surface area (Å²) in [6, 6.07) is 0. The summed E-state index contributed by atoms with van der Waals surface area (Å²) in [4.78, 5) is 22.5. The van der Waals surface area contributed by atoms with Crippen molar-refractivity contribution in [2.75, 3.05) is 26.2 Å². The molecule has 1 aromatic heterocycles. The van der Waals surface area contributed by atoms with Crippen LogP contribution in [0.25, 0.3) is 0 Å². The van der Waals surface area contributed by atoms with Gasteiger partial charge in [-0.25, -0.2) is 9.97 Å². The summed E-state index contributed by atoms with van der Waals surface area (Å²) in [6.45, 7) is 3.27. The molecule has 0 unspecified atom stereocenters. The summed E-state index contributed by atoms with van der Waals surface area (Å²) in [7, 11) is 0. The highest BCUT2D eigenvalue weighted by Gasteiger charge is 2.27. The Labute approximate surface area is 100 Å². The van der Waals surface area contributed by atoms with Gasteiger partial charge in [0.1, 0.15) is 5.82 Å². The van der Waals surface area contributed by atoms with E-state index in [2.05, 4.69) is 15.3 Å². The number of nitrogens with zero attached hydrogens (tertiary/aromatic N) is 3. The number of carbonyl (C=O) groups excluding carboxylic acids is 1. The summed E-state index contributed by atoms with van der Waals surface area (Å²) in [5.41, 5.74) is 0.608. The molecule has 1 saturated heterocycles. The molecule has 0 bridgehead atoms. The highest BCUT2D eigenvalue weighted by Crippen LogP contribution is 2.37. The number of nitrogens with one attached hydrogen (secondary N) is 1. The van der Waals surface area contributed by atoms with Gasteiger partial charge in [-0.15, -0.1) is 0 Å². The van der Waals surface area contributed by atoms with E-state index in [0.29, 0.717) is 11.5 Å². The topological polar surface area (TPSA) is 58.1 Å². The number of aromatic nitrogens is 2. The SMILES string of the molecule is O=C(c1cnc(C2CC2)nc1)N1CCNCC1. The van der Waals surface area contributed by atoms with Crippen molar-refractivity contribution < 1.29 is 4.79 Å². The van der Waals surface area contributed by atoms with Crippen molar-refractivity contribution in [3.63, 3.8) is 0 Å². The molecule has 1 N–H and O–H groups in total. The van der Waals surface area contributed by atoms with Gasteiger partial charge in [-0.1, -0.05) is 0 Å². The molecule has 2 fully saturated rings. The fourth-order valence-corrected chi connectivity index (χ4v) is 2.05. The first-order valence-electron chi connectivity index (χ1n) is 6.16. The van der Waals surface area contributed by atoms with Crippen LogP contribution in [0.15, 0.2) is 12.4 Å². The first-order valence-corrected chi connectivity index (χ1v) is 6.16. The van der Waals surface area contributed by atoms with E-state index < -0.39 is 0 Å². The number of hydrogen-bond acceptors (Lipinski definition) is 4. The Morgan fingerprint density at radius 3 is 2.47 bits per heavy atom. The van der Waals surface area contributed by atoms with Crippen molar-refractivity contribution in [3.05, 3.63) is 23.8 Å². The largest absolute Gasteiger partial charge is 0.336 e. The van der Waals surface area contributed by atoms with Gasteiger partial charge < -0.3 is 10.2 Å². The molecule has 1 aliphatic heterocycles. The van der Waals surface area contributed by atoms with Crippen LogP contribution in [-0.4, -0.2) is 47.0 Å². The molecule has 3 rings (SSSR count). The summed E-state index contributed by atoms with van der Waals surface area (Å²) >= 11 is 0. The lowest BCUT2D eigenvalue weighted by molar-refractivity contribution is 0.0735. The second-order valence-corrected chi connectivity index (χ2v) is 4.65. The highest BCUT2D eigenvalue weighted by atomic mass is 16.2. The lowest BCUT2D eigenvalue weighted by Gasteiger charge is -2.27. The lowest BCUT2D eigenvalue weighted by Crippen LogP contribution is -2.46. The number of amides is 1. The predicted octanol–water partition coefficient (Wildman–Crippen LogP) is 0.399. The maximum Gasteiger partial charge on any atom is 0.257 e. The van der Waals surface area contributed by atoms with E-state index in [1.807, 2.05) is 4.90 Å². The van der Waals surface area contributed by atoms with E-state index in [1.165, 1.54) is 12.8 Å². The van der Waals surface area contributed by atoms with Gasteiger partial charge in [0.15, 0.2) is 0 Å². The van der Waals surface area contributed by atoms with E-state index >= 15 is 0 Å². The smallest absolute Gasteiger partial charge is 0.257 e. The summed E-state index contributed by atoms with van der Waals surface area (Å²) in [5, 5.41) is 3.23. The Balaban J connectivity index is 1.71. The average Bonchev–Trinajstić information content (AvgIpc) is 3.24. The fraction of sp³-hybridized carbons (Fsp3) is 0.583. The fourth-order valence-electron chi connectivity index (χ4n) is 2.05. The molecule has 1 aliphatic carbocycles. The van der Waals surface area contributed by atoms with Crippen molar-refractivity contribution in [2.24, 2.45) is 0 Å². The monoisotopic (exact) mass is 232 g/mol. The number of carbonyl (C=O) groups is 1. The number of rotatable bonds is 2. The molecule has 2 aliphatic rings. The van der Waals surface area contributed by atoms with Gasteiger partial charge in [0, 0.05) is 44.5 Å². The molecule has 1 saturated carbocycles. The van der Waals surface area contributed by atoms with Gasteiger partial charge in [0.2, 0.25) is 0 Å². The Morgan fingerprint density at radius 1 is 1.24 bits per heavy atom. The van der Waals surface area contributed by atoms with Crippen molar-refractivity contribution >= 4 is 5.91 Å². The van der Waals surface area contributed by atoms with E-state index in [4.69, 9.17) is 0 Å². The molecule has 1 amide bonds. The molecular weight excluding hydrogens is 216 g/mol. The van der Waals surface area contributed by atoms with E-state index in [-0.39, 0.29) is 5.91 Å². The highest BCUT2D eigenvalue weighted by molar-refractivity contribution is 5.93. The van der Waals surface area contributed by atoms with Crippen LogP contribution in [0, 0.1) is 0 Å². The Bertz CT molecular complexity index is 407. The lowest BCUT2D eigenvalue weighted by atomic mass is 10.2. The second kappa shape index (κ2) is 4.41. The summed E-state index contributed by atoms with van der Waals surface area (Å²) in [6.07, 6.45) is 5.71. The van der Waals surface area contributed by atoms with Crippen LogP contribution in [-0.2, 0) is 0 Å². The first kappa shape index (κ1) is 10.7. The van der Waals surface area contributed by atoms with Crippen LogP contribution >= 0.6 is 0 Å². The van der Waals surface area contributed by atoms with Crippen LogP contribution in [0.5, 0.6) is 0 Å². The van der Waals surface area contributed by atoms with Gasteiger partial charge in [-0.3, -0.25) is 4.79 Å². The van der Waals surface area contributed by atoms with Crippen LogP contribution in [0.3, 0.4) is 0 Å². The van der Waals surface area contributed by atoms with Gasteiger partial charge in [-0.2, -0.15) is 0 Å². The normalized spacial score (nSPS) is 20.4. The minimum Gasteiger partial charge on any atom is -0.336 e. The molecular formula is C12H16N4O. The third-order valence-corrected chi connectivity index (χ3v) is 3.27. The zero-order chi connectivity index (χ0) is 11.7. The van der Waals surface area contributed by atoms with Crippen molar-refractivity contribution in [2.45, 2.75) is 18.8 Å². The van der Waals surface area contributed by atoms with Crippen LogP contribution in [0.4, 0.5) is 0 Å². The van der Waals surface area contributed by atoms with Gasteiger partial charge in [0.25, 0.3) is 5.91 Å². The van der Waals surface area contributed by atoms with E-state index in [9.17, 15) is 4.79 Å². The Hall–Kier alpha value is -1.49. The predicted molar refractivity (Wildman–Crippen MR) is 62.8 cm³/mol. The molecule has 0 spiro atoms. The van der Waals surface area contributed by atoms with Gasteiger partial charge in [-0.05, 0) is 12.8 Å².